The quantitative estimate of drug-likeness (QED) is 0.863. The molecule has 1 amide bonds. The first-order valence-electron chi connectivity index (χ1n) is 6.98. The van der Waals surface area contributed by atoms with Crippen LogP contribution in [0.25, 0.3) is 0 Å². The molecule has 6 nitrogen and oxygen atoms in total. The minimum Gasteiger partial charge on any atom is -0.374 e. The van der Waals surface area contributed by atoms with Gasteiger partial charge in [0.2, 0.25) is 15.9 Å². The predicted molar refractivity (Wildman–Crippen MR) is 83.8 cm³/mol. The highest BCUT2D eigenvalue weighted by atomic mass is 32.2. The number of rotatable bonds is 5. The van der Waals surface area contributed by atoms with Gasteiger partial charge in [-0.3, -0.25) is 9.52 Å². The van der Waals surface area contributed by atoms with Gasteiger partial charge in [-0.25, -0.2) is 8.42 Å². The molecule has 1 aliphatic rings. The number of sulfonamides is 1. The van der Waals surface area contributed by atoms with Gasteiger partial charge >= 0.3 is 0 Å². The molecule has 1 saturated heterocycles. The predicted octanol–water partition coefficient (Wildman–Crippen LogP) is 1.48. The highest BCUT2D eigenvalue weighted by Gasteiger charge is 2.22. The number of likely N-dealkylation sites (tertiary alicyclic amines) is 1. The van der Waals surface area contributed by atoms with Gasteiger partial charge in [-0.05, 0) is 44.0 Å². The molecule has 116 valence electrons. The number of carbonyl (C=O) groups excluding carboxylic acids is 1. The van der Waals surface area contributed by atoms with Crippen molar-refractivity contribution in [3.8, 4) is 0 Å². The topological polar surface area (TPSA) is 78.5 Å². The maximum Gasteiger partial charge on any atom is 0.244 e. The number of nitrogens with one attached hydrogen (secondary N) is 2. The van der Waals surface area contributed by atoms with Gasteiger partial charge in [0, 0.05) is 24.5 Å². The SMILES string of the molecule is C[C@H](Nc1ccc(NS(C)(=O)=O)cc1)C(=O)N1CCCC1. The molecule has 1 atom stereocenters. The number of benzene rings is 1. The van der Waals surface area contributed by atoms with Crippen LogP contribution < -0.4 is 10.0 Å². The van der Waals surface area contributed by atoms with E-state index in [1.165, 1.54) is 0 Å². The van der Waals surface area contributed by atoms with Gasteiger partial charge < -0.3 is 10.2 Å². The third kappa shape index (κ3) is 4.63. The molecule has 7 heteroatoms. The van der Waals surface area contributed by atoms with Crippen LogP contribution >= 0.6 is 0 Å². The van der Waals surface area contributed by atoms with Crippen LogP contribution in [0.1, 0.15) is 19.8 Å². The second kappa shape index (κ2) is 6.34. The van der Waals surface area contributed by atoms with E-state index in [0.29, 0.717) is 5.69 Å². The van der Waals surface area contributed by atoms with Gasteiger partial charge in [-0.15, -0.1) is 0 Å². The van der Waals surface area contributed by atoms with Gasteiger partial charge in [0.15, 0.2) is 0 Å². The molecular weight excluding hydrogens is 290 g/mol. The molecule has 1 fully saturated rings. The van der Waals surface area contributed by atoms with Crippen LogP contribution in [0, 0.1) is 0 Å². The first-order valence-corrected chi connectivity index (χ1v) is 8.87. The summed E-state index contributed by atoms with van der Waals surface area (Å²) in [4.78, 5) is 14.0. The Kier molecular flexibility index (Phi) is 4.72. The summed E-state index contributed by atoms with van der Waals surface area (Å²) in [5.41, 5.74) is 1.29. The zero-order valence-electron chi connectivity index (χ0n) is 12.3. The second-order valence-electron chi connectivity index (χ2n) is 5.35. The maximum absolute atomic E-state index is 12.2. The van der Waals surface area contributed by atoms with Gasteiger partial charge in [-0.1, -0.05) is 0 Å². The van der Waals surface area contributed by atoms with E-state index in [0.717, 1.165) is 37.9 Å². The summed E-state index contributed by atoms with van der Waals surface area (Å²) in [6.45, 7) is 3.51. The molecular formula is C14H21N3O3S. The summed E-state index contributed by atoms with van der Waals surface area (Å²) in [7, 11) is -3.27. The van der Waals surface area contributed by atoms with Crippen molar-refractivity contribution < 1.29 is 13.2 Å². The van der Waals surface area contributed by atoms with E-state index >= 15 is 0 Å². The Morgan fingerprint density at radius 2 is 1.67 bits per heavy atom. The maximum atomic E-state index is 12.2. The Morgan fingerprint density at radius 1 is 1.14 bits per heavy atom. The van der Waals surface area contributed by atoms with Crippen molar-refractivity contribution in [2.75, 3.05) is 29.4 Å². The Morgan fingerprint density at radius 3 is 2.19 bits per heavy atom. The molecule has 0 saturated carbocycles. The minimum atomic E-state index is -3.27. The van der Waals surface area contributed by atoms with E-state index < -0.39 is 10.0 Å². The van der Waals surface area contributed by atoms with Crippen molar-refractivity contribution in [3.63, 3.8) is 0 Å². The third-order valence-electron chi connectivity index (χ3n) is 3.36. The molecule has 1 heterocycles. The van der Waals surface area contributed by atoms with Gasteiger partial charge in [-0.2, -0.15) is 0 Å². The molecule has 21 heavy (non-hydrogen) atoms. The van der Waals surface area contributed by atoms with Crippen molar-refractivity contribution in [1.29, 1.82) is 0 Å². The smallest absolute Gasteiger partial charge is 0.244 e. The lowest BCUT2D eigenvalue weighted by molar-refractivity contribution is -0.130. The van der Waals surface area contributed by atoms with E-state index in [1.807, 2.05) is 11.8 Å². The summed E-state index contributed by atoms with van der Waals surface area (Å²) in [5.74, 6) is 0.103. The summed E-state index contributed by atoms with van der Waals surface area (Å²) >= 11 is 0. The van der Waals surface area contributed by atoms with Crippen molar-refractivity contribution in [2.24, 2.45) is 0 Å². The zero-order valence-corrected chi connectivity index (χ0v) is 13.1. The summed E-state index contributed by atoms with van der Waals surface area (Å²) in [6.07, 6.45) is 3.25. The van der Waals surface area contributed by atoms with Crippen molar-refractivity contribution in [3.05, 3.63) is 24.3 Å². The van der Waals surface area contributed by atoms with Gasteiger partial charge in [0.05, 0.1) is 6.26 Å². The standard InChI is InChI=1S/C14H21N3O3S/c1-11(14(18)17-9-3-4-10-17)15-12-5-7-13(8-6-12)16-21(2,19)20/h5-8,11,15-16H,3-4,9-10H2,1-2H3/t11-/m0/s1. The number of hydrogen-bond acceptors (Lipinski definition) is 4. The van der Waals surface area contributed by atoms with Crippen LogP contribution in [0.4, 0.5) is 11.4 Å². The molecule has 0 aromatic heterocycles. The lowest BCUT2D eigenvalue weighted by Crippen LogP contribution is -2.39. The zero-order chi connectivity index (χ0) is 15.5. The fourth-order valence-corrected chi connectivity index (χ4v) is 2.94. The summed E-state index contributed by atoms with van der Waals surface area (Å²) in [5, 5.41) is 3.14. The lowest BCUT2D eigenvalue weighted by atomic mass is 10.2. The van der Waals surface area contributed by atoms with Crippen molar-refractivity contribution >= 4 is 27.3 Å². The van der Waals surface area contributed by atoms with Crippen LogP contribution in [0.3, 0.4) is 0 Å². The molecule has 1 aromatic carbocycles. The molecule has 2 rings (SSSR count). The van der Waals surface area contributed by atoms with Crippen molar-refractivity contribution in [2.45, 2.75) is 25.8 Å². The molecule has 0 spiro atoms. The Labute approximate surface area is 125 Å². The van der Waals surface area contributed by atoms with Gasteiger partial charge in [0.25, 0.3) is 0 Å². The fourth-order valence-electron chi connectivity index (χ4n) is 2.37. The first kappa shape index (κ1) is 15.6. The average Bonchev–Trinajstić information content (AvgIpc) is 2.92. The summed E-state index contributed by atoms with van der Waals surface area (Å²) in [6, 6.07) is 6.53. The Bertz CT molecular complexity index is 592. The molecule has 0 unspecified atom stereocenters. The third-order valence-corrected chi connectivity index (χ3v) is 3.97. The van der Waals surface area contributed by atoms with E-state index in [-0.39, 0.29) is 11.9 Å². The second-order valence-corrected chi connectivity index (χ2v) is 7.10. The normalized spacial score (nSPS) is 16.6. The monoisotopic (exact) mass is 311 g/mol. The van der Waals surface area contributed by atoms with E-state index in [2.05, 4.69) is 10.0 Å². The molecule has 1 aromatic rings. The highest BCUT2D eigenvalue weighted by Crippen LogP contribution is 2.16. The van der Waals surface area contributed by atoms with Crippen LogP contribution in [-0.4, -0.2) is 44.6 Å². The van der Waals surface area contributed by atoms with Crippen LogP contribution in [0.5, 0.6) is 0 Å². The highest BCUT2D eigenvalue weighted by molar-refractivity contribution is 7.92. The molecule has 0 radical (unpaired) electrons. The average molecular weight is 311 g/mol. The molecule has 0 bridgehead atoms. The van der Waals surface area contributed by atoms with Crippen LogP contribution in [0.2, 0.25) is 0 Å². The van der Waals surface area contributed by atoms with E-state index in [4.69, 9.17) is 0 Å². The number of nitrogens with zero attached hydrogens (tertiary/aromatic N) is 1. The van der Waals surface area contributed by atoms with E-state index in [9.17, 15) is 13.2 Å². The first-order chi connectivity index (χ1) is 9.85. The number of amides is 1. The molecule has 0 aliphatic carbocycles. The van der Waals surface area contributed by atoms with E-state index in [1.54, 1.807) is 24.3 Å². The van der Waals surface area contributed by atoms with Crippen LogP contribution in [-0.2, 0) is 14.8 Å². The Hall–Kier alpha value is -1.76. The van der Waals surface area contributed by atoms with Gasteiger partial charge in [0.1, 0.15) is 6.04 Å². The molecule has 1 aliphatic heterocycles. The number of carbonyl (C=O) groups is 1. The minimum absolute atomic E-state index is 0.103. The van der Waals surface area contributed by atoms with Crippen molar-refractivity contribution in [1.82, 2.24) is 4.90 Å². The fraction of sp³-hybridized carbons (Fsp3) is 0.500. The molecule has 2 N–H and O–H groups in total. The summed E-state index contributed by atoms with van der Waals surface area (Å²) < 4.78 is 24.6. The number of hydrogen-bond donors (Lipinski definition) is 2. The Balaban J connectivity index is 1.94. The number of anilines is 2. The van der Waals surface area contributed by atoms with Crippen LogP contribution in [0.15, 0.2) is 24.3 Å². The lowest BCUT2D eigenvalue weighted by Gasteiger charge is -2.22. The largest absolute Gasteiger partial charge is 0.374 e.